The molecule has 0 spiro atoms. The van der Waals surface area contributed by atoms with E-state index in [0.717, 1.165) is 16.0 Å². The minimum atomic E-state index is -0.130. The third-order valence-corrected chi connectivity index (χ3v) is 7.45. The molecule has 0 fully saturated rings. The highest BCUT2D eigenvalue weighted by atomic mass is 32.1. The summed E-state index contributed by atoms with van der Waals surface area (Å²) in [5.41, 5.74) is 2.10. The minimum absolute atomic E-state index is 0.00935. The van der Waals surface area contributed by atoms with Gasteiger partial charge in [0.05, 0.1) is 11.4 Å². The molecule has 0 radical (unpaired) electrons. The SMILES string of the molecule is COCCCN(CC(=O)N(Cc1ccc2c(c1)OCO2)Cc1sccc1C)C(=O)c1cccs1. The molecule has 3 heterocycles. The van der Waals surface area contributed by atoms with E-state index in [4.69, 9.17) is 14.2 Å². The number of hydrogen-bond donors (Lipinski definition) is 0. The molecule has 1 aromatic carbocycles. The van der Waals surface area contributed by atoms with Crippen molar-refractivity contribution in [1.29, 1.82) is 0 Å². The molecule has 2 amide bonds. The largest absolute Gasteiger partial charge is 0.454 e. The molecule has 0 aliphatic carbocycles. The van der Waals surface area contributed by atoms with E-state index < -0.39 is 0 Å². The van der Waals surface area contributed by atoms with Crippen LogP contribution in [0, 0.1) is 6.92 Å². The lowest BCUT2D eigenvalue weighted by atomic mass is 10.1. The van der Waals surface area contributed by atoms with Crippen LogP contribution in [-0.2, 0) is 22.6 Å². The summed E-state index contributed by atoms with van der Waals surface area (Å²) in [5.74, 6) is 1.16. The fourth-order valence-electron chi connectivity index (χ4n) is 3.70. The number of hydrogen-bond acceptors (Lipinski definition) is 7. The number of thiophene rings is 2. The predicted octanol–water partition coefficient (Wildman–Crippen LogP) is 4.55. The molecular weight excluding hydrogens is 472 g/mol. The molecule has 180 valence electrons. The number of amides is 2. The number of rotatable bonds is 11. The van der Waals surface area contributed by atoms with E-state index >= 15 is 0 Å². The molecule has 0 unspecified atom stereocenters. The quantitative estimate of drug-likeness (QED) is 0.361. The van der Waals surface area contributed by atoms with E-state index in [1.165, 1.54) is 11.3 Å². The number of nitrogens with zero attached hydrogens (tertiary/aromatic N) is 2. The van der Waals surface area contributed by atoms with Crippen LogP contribution in [0.5, 0.6) is 11.5 Å². The van der Waals surface area contributed by atoms with Gasteiger partial charge in [-0.3, -0.25) is 9.59 Å². The summed E-state index contributed by atoms with van der Waals surface area (Å²) in [4.78, 5) is 31.9. The van der Waals surface area contributed by atoms with Gasteiger partial charge in [0.1, 0.15) is 6.54 Å². The minimum Gasteiger partial charge on any atom is -0.454 e. The Balaban J connectivity index is 1.53. The summed E-state index contributed by atoms with van der Waals surface area (Å²) in [7, 11) is 1.63. The summed E-state index contributed by atoms with van der Waals surface area (Å²) in [6, 6.07) is 11.4. The summed E-state index contributed by atoms with van der Waals surface area (Å²) in [5, 5.41) is 3.90. The van der Waals surface area contributed by atoms with Gasteiger partial charge in [-0.25, -0.2) is 0 Å². The lowest BCUT2D eigenvalue weighted by Crippen LogP contribution is -2.43. The monoisotopic (exact) mass is 500 g/mol. The van der Waals surface area contributed by atoms with Gasteiger partial charge in [0.2, 0.25) is 12.7 Å². The van der Waals surface area contributed by atoms with E-state index in [1.807, 2.05) is 41.9 Å². The first-order valence-electron chi connectivity index (χ1n) is 11.1. The van der Waals surface area contributed by atoms with Gasteiger partial charge in [-0.2, -0.15) is 0 Å². The number of aryl methyl sites for hydroxylation is 1. The van der Waals surface area contributed by atoms with Crippen molar-refractivity contribution >= 4 is 34.5 Å². The number of ether oxygens (including phenoxy) is 3. The highest BCUT2D eigenvalue weighted by Gasteiger charge is 2.24. The highest BCUT2D eigenvalue weighted by molar-refractivity contribution is 7.12. The van der Waals surface area contributed by atoms with Crippen molar-refractivity contribution < 1.29 is 23.8 Å². The predicted molar refractivity (Wildman–Crippen MR) is 133 cm³/mol. The molecule has 0 bridgehead atoms. The lowest BCUT2D eigenvalue weighted by molar-refractivity contribution is -0.133. The van der Waals surface area contributed by atoms with Gasteiger partial charge in [-0.05, 0) is 59.5 Å². The Kier molecular flexibility index (Phi) is 8.21. The highest BCUT2D eigenvalue weighted by Crippen LogP contribution is 2.33. The molecule has 0 N–H and O–H groups in total. The molecule has 9 heteroatoms. The Bertz CT molecular complexity index is 1110. The second-order valence-electron chi connectivity index (χ2n) is 8.01. The summed E-state index contributed by atoms with van der Waals surface area (Å²) in [6.07, 6.45) is 0.660. The van der Waals surface area contributed by atoms with Crippen LogP contribution in [0.15, 0.2) is 47.2 Å². The Morgan fingerprint density at radius 3 is 2.62 bits per heavy atom. The summed E-state index contributed by atoms with van der Waals surface area (Å²) < 4.78 is 16.1. The Labute approximate surface area is 207 Å². The zero-order valence-corrected chi connectivity index (χ0v) is 21.0. The molecule has 1 aliphatic rings. The van der Waals surface area contributed by atoms with Gasteiger partial charge >= 0.3 is 0 Å². The van der Waals surface area contributed by atoms with Crippen LogP contribution in [0.4, 0.5) is 0 Å². The fraction of sp³-hybridized carbons (Fsp3) is 0.360. The fourth-order valence-corrected chi connectivity index (χ4v) is 5.31. The first kappa shape index (κ1) is 24.3. The number of methoxy groups -OCH3 is 1. The lowest BCUT2D eigenvalue weighted by Gasteiger charge is -2.28. The Hall–Kier alpha value is -2.88. The van der Waals surface area contributed by atoms with Crippen molar-refractivity contribution in [1.82, 2.24) is 9.80 Å². The first-order valence-corrected chi connectivity index (χ1v) is 12.8. The number of benzene rings is 1. The smallest absolute Gasteiger partial charge is 0.264 e. The molecule has 2 aromatic heterocycles. The van der Waals surface area contributed by atoms with Crippen molar-refractivity contribution in [2.45, 2.75) is 26.4 Å². The third kappa shape index (κ3) is 5.97. The van der Waals surface area contributed by atoms with E-state index in [1.54, 1.807) is 34.3 Å². The van der Waals surface area contributed by atoms with Gasteiger partial charge in [0.25, 0.3) is 5.91 Å². The Morgan fingerprint density at radius 1 is 1.03 bits per heavy atom. The van der Waals surface area contributed by atoms with Gasteiger partial charge in [-0.1, -0.05) is 12.1 Å². The molecule has 7 nitrogen and oxygen atoms in total. The zero-order valence-electron chi connectivity index (χ0n) is 19.3. The van der Waals surface area contributed by atoms with Gasteiger partial charge in [0, 0.05) is 31.7 Å². The second kappa shape index (κ2) is 11.5. The molecule has 0 saturated heterocycles. The van der Waals surface area contributed by atoms with Gasteiger partial charge < -0.3 is 24.0 Å². The van der Waals surface area contributed by atoms with Crippen molar-refractivity contribution in [3.63, 3.8) is 0 Å². The maximum atomic E-state index is 13.6. The molecule has 4 rings (SSSR count). The standard InChI is InChI=1S/C25H28N2O5S2/c1-18-8-12-34-23(18)15-27(14-19-6-7-20-21(13-19)32-17-31-20)24(28)16-26(9-4-10-30-2)25(29)22-5-3-11-33-22/h3,5-8,11-13H,4,9-10,14-17H2,1-2H3. The van der Waals surface area contributed by atoms with Crippen LogP contribution in [0.1, 0.15) is 32.1 Å². The van der Waals surface area contributed by atoms with E-state index in [2.05, 4.69) is 6.07 Å². The second-order valence-corrected chi connectivity index (χ2v) is 9.96. The Morgan fingerprint density at radius 2 is 1.88 bits per heavy atom. The van der Waals surface area contributed by atoms with E-state index in [-0.39, 0.29) is 25.2 Å². The van der Waals surface area contributed by atoms with E-state index in [0.29, 0.717) is 49.0 Å². The van der Waals surface area contributed by atoms with Crippen molar-refractivity contribution in [2.75, 3.05) is 33.6 Å². The number of carbonyl (C=O) groups excluding carboxylic acids is 2. The molecule has 3 aromatic rings. The van der Waals surface area contributed by atoms with Crippen LogP contribution in [0.3, 0.4) is 0 Å². The van der Waals surface area contributed by atoms with Crippen LogP contribution < -0.4 is 9.47 Å². The normalized spacial score (nSPS) is 12.1. The maximum Gasteiger partial charge on any atom is 0.264 e. The van der Waals surface area contributed by atoms with Gasteiger partial charge in [-0.15, -0.1) is 22.7 Å². The molecular formula is C25H28N2O5S2. The number of carbonyl (C=O) groups is 2. The maximum absolute atomic E-state index is 13.6. The van der Waals surface area contributed by atoms with E-state index in [9.17, 15) is 9.59 Å². The molecule has 0 saturated carbocycles. The van der Waals surface area contributed by atoms with Crippen LogP contribution in [0.2, 0.25) is 0 Å². The van der Waals surface area contributed by atoms with Crippen molar-refractivity contribution in [3.05, 3.63) is 68.0 Å². The summed E-state index contributed by atoms with van der Waals surface area (Å²) in [6.45, 7) is 4.13. The molecule has 1 aliphatic heterocycles. The van der Waals surface area contributed by atoms with Crippen LogP contribution in [0.25, 0.3) is 0 Å². The first-order chi connectivity index (χ1) is 16.5. The van der Waals surface area contributed by atoms with Crippen LogP contribution in [-0.4, -0.2) is 55.2 Å². The molecule has 34 heavy (non-hydrogen) atoms. The zero-order chi connectivity index (χ0) is 23.9. The average Bonchev–Trinajstić information content (AvgIpc) is 3.60. The van der Waals surface area contributed by atoms with Crippen LogP contribution >= 0.6 is 22.7 Å². The molecule has 0 atom stereocenters. The van der Waals surface area contributed by atoms with Gasteiger partial charge in [0.15, 0.2) is 11.5 Å². The number of fused-ring (bicyclic) bond motifs is 1. The van der Waals surface area contributed by atoms with Crippen molar-refractivity contribution in [2.24, 2.45) is 0 Å². The third-order valence-electron chi connectivity index (χ3n) is 5.59. The summed E-state index contributed by atoms with van der Waals surface area (Å²) >= 11 is 3.01. The topological polar surface area (TPSA) is 68.3 Å². The average molecular weight is 501 g/mol. The van der Waals surface area contributed by atoms with Crippen molar-refractivity contribution in [3.8, 4) is 11.5 Å².